The highest BCUT2D eigenvalue weighted by Crippen LogP contribution is 2.36. The summed E-state index contributed by atoms with van der Waals surface area (Å²) in [7, 11) is 0. The molecule has 0 radical (unpaired) electrons. The molecule has 1 saturated heterocycles. The Morgan fingerprint density at radius 3 is 2.39 bits per heavy atom. The second kappa shape index (κ2) is 4.73. The molecule has 1 aromatic carbocycles. The molecule has 1 aliphatic heterocycles. The Morgan fingerprint density at radius 1 is 1.22 bits per heavy atom. The van der Waals surface area contributed by atoms with Gasteiger partial charge in [-0.15, -0.1) is 5.06 Å². The maximum Gasteiger partial charge on any atom is 0.329 e. The van der Waals surface area contributed by atoms with Crippen molar-refractivity contribution >= 4 is 5.97 Å². The van der Waals surface area contributed by atoms with Gasteiger partial charge in [0.05, 0.1) is 18.5 Å². The van der Waals surface area contributed by atoms with Crippen molar-refractivity contribution in [1.29, 1.82) is 0 Å². The summed E-state index contributed by atoms with van der Waals surface area (Å²) in [6.45, 7) is 9.04. The second-order valence-corrected chi connectivity index (χ2v) is 6.07. The molecule has 0 aliphatic carbocycles. The van der Waals surface area contributed by atoms with Crippen LogP contribution in [0.3, 0.4) is 0 Å². The van der Waals surface area contributed by atoms with Crippen molar-refractivity contribution in [3.05, 3.63) is 35.9 Å². The van der Waals surface area contributed by atoms with E-state index >= 15 is 0 Å². The summed E-state index contributed by atoms with van der Waals surface area (Å²) in [5.41, 5.74) is 1.18. The van der Waals surface area contributed by atoms with E-state index in [0.717, 1.165) is 5.56 Å². The molecule has 2 atom stereocenters. The van der Waals surface area contributed by atoms with Gasteiger partial charge in [-0.05, 0) is 11.0 Å². The van der Waals surface area contributed by atoms with E-state index < -0.39 is 0 Å². The van der Waals surface area contributed by atoms with Crippen molar-refractivity contribution in [3.63, 3.8) is 0 Å². The number of benzene rings is 1. The molecule has 2 rings (SSSR count). The summed E-state index contributed by atoms with van der Waals surface area (Å²) < 4.78 is 0. The molecule has 98 valence electrons. The molecule has 0 unspecified atom stereocenters. The quantitative estimate of drug-likeness (QED) is 0.804. The van der Waals surface area contributed by atoms with Crippen LogP contribution in [-0.2, 0) is 16.2 Å². The third kappa shape index (κ3) is 2.56. The van der Waals surface area contributed by atoms with E-state index in [2.05, 4.69) is 32.9 Å². The monoisotopic (exact) mass is 247 g/mol. The highest BCUT2D eigenvalue weighted by Gasteiger charge is 2.46. The molecule has 0 aromatic heterocycles. The summed E-state index contributed by atoms with van der Waals surface area (Å²) in [6.07, 6.45) is 0. The van der Waals surface area contributed by atoms with Crippen LogP contribution in [0.4, 0.5) is 0 Å². The highest BCUT2D eigenvalue weighted by molar-refractivity contribution is 5.74. The first kappa shape index (κ1) is 13.1. The predicted octanol–water partition coefficient (Wildman–Crippen LogP) is 3.01. The topological polar surface area (TPSA) is 29.5 Å². The Bertz CT molecular complexity index is 422. The second-order valence-electron chi connectivity index (χ2n) is 6.07. The van der Waals surface area contributed by atoms with Crippen LogP contribution in [0.5, 0.6) is 0 Å². The summed E-state index contributed by atoms with van der Waals surface area (Å²) >= 11 is 0. The Kier molecular flexibility index (Phi) is 3.44. The van der Waals surface area contributed by atoms with Crippen LogP contribution in [0.2, 0.25) is 0 Å². The number of carbonyl (C=O) groups excluding carboxylic acids is 1. The van der Waals surface area contributed by atoms with Crippen LogP contribution in [0, 0.1) is 11.3 Å². The summed E-state index contributed by atoms with van der Waals surface area (Å²) in [6, 6.07) is 10.2. The summed E-state index contributed by atoms with van der Waals surface area (Å²) in [4.78, 5) is 17.2. The predicted molar refractivity (Wildman–Crippen MR) is 70.5 cm³/mol. The van der Waals surface area contributed by atoms with Crippen molar-refractivity contribution in [2.45, 2.75) is 40.3 Å². The fourth-order valence-electron chi connectivity index (χ4n) is 2.71. The number of hydroxylamine groups is 2. The number of carbonyl (C=O) groups is 1. The lowest BCUT2D eigenvalue weighted by molar-refractivity contribution is -0.183. The Hall–Kier alpha value is -1.35. The molecule has 0 spiro atoms. The van der Waals surface area contributed by atoms with E-state index in [0.29, 0.717) is 6.54 Å². The molecule has 0 amide bonds. The van der Waals surface area contributed by atoms with Crippen LogP contribution < -0.4 is 0 Å². The van der Waals surface area contributed by atoms with Gasteiger partial charge in [-0.25, -0.2) is 4.79 Å². The first-order chi connectivity index (χ1) is 8.39. The van der Waals surface area contributed by atoms with Gasteiger partial charge in [-0.1, -0.05) is 58.0 Å². The molecule has 1 fully saturated rings. The van der Waals surface area contributed by atoms with Crippen LogP contribution in [0.15, 0.2) is 30.3 Å². The van der Waals surface area contributed by atoms with E-state index in [1.54, 1.807) is 0 Å². The average molecular weight is 247 g/mol. The van der Waals surface area contributed by atoms with Gasteiger partial charge < -0.3 is 4.84 Å². The van der Waals surface area contributed by atoms with Crippen molar-refractivity contribution in [3.8, 4) is 0 Å². The van der Waals surface area contributed by atoms with Gasteiger partial charge >= 0.3 is 5.97 Å². The minimum atomic E-state index is -0.120. The number of hydrogen-bond donors (Lipinski definition) is 0. The molecule has 1 aliphatic rings. The first-order valence-corrected chi connectivity index (χ1v) is 6.42. The van der Waals surface area contributed by atoms with Crippen molar-refractivity contribution in [2.75, 3.05) is 0 Å². The zero-order valence-electron chi connectivity index (χ0n) is 11.5. The van der Waals surface area contributed by atoms with E-state index in [9.17, 15) is 4.79 Å². The highest BCUT2D eigenvalue weighted by atomic mass is 16.7. The van der Waals surface area contributed by atoms with Gasteiger partial charge in [0.15, 0.2) is 0 Å². The number of hydrogen-bond acceptors (Lipinski definition) is 3. The SMILES string of the molecule is C[C@H]1C(=O)ON(Cc2ccccc2)[C@H]1C(C)(C)C. The van der Waals surface area contributed by atoms with Crippen molar-refractivity contribution in [1.82, 2.24) is 5.06 Å². The van der Waals surface area contributed by atoms with E-state index in [1.807, 2.05) is 30.2 Å². The van der Waals surface area contributed by atoms with E-state index in [1.165, 1.54) is 0 Å². The molecule has 1 aromatic rings. The third-order valence-corrected chi connectivity index (χ3v) is 3.43. The van der Waals surface area contributed by atoms with Crippen LogP contribution in [-0.4, -0.2) is 17.1 Å². The van der Waals surface area contributed by atoms with Gasteiger partial charge in [-0.2, -0.15) is 0 Å². The lowest BCUT2D eigenvalue weighted by Crippen LogP contribution is -2.41. The van der Waals surface area contributed by atoms with Gasteiger partial charge in [-0.3, -0.25) is 0 Å². The largest absolute Gasteiger partial charge is 0.367 e. The molecule has 18 heavy (non-hydrogen) atoms. The van der Waals surface area contributed by atoms with Crippen LogP contribution >= 0.6 is 0 Å². The normalized spacial score (nSPS) is 25.2. The molecule has 3 heteroatoms. The molecule has 0 saturated carbocycles. The minimum Gasteiger partial charge on any atom is -0.367 e. The summed E-state index contributed by atoms with van der Waals surface area (Å²) in [5.74, 6) is -0.195. The third-order valence-electron chi connectivity index (χ3n) is 3.43. The smallest absolute Gasteiger partial charge is 0.329 e. The zero-order valence-corrected chi connectivity index (χ0v) is 11.5. The Balaban J connectivity index is 2.19. The molecule has 1 heterocycles. The van der Waals surface area contributed by atoms with E-state index in [-0.39, 0.29) is 23.3 Å². The molecular formula is C15H21NO2. The summed E-state index contributed by atoms with van der Waals surface area (Å²) in [5, 5.41) is 1.84. The zero-order chi connectivity index (χ0) is 13.3. The Morgan fingerprint density at radius 2 is 1.83 bits per heavy atom. The fraction of sp³-hybridized carbons (Fsp3) is 0.533. The lowest BCUT2D eigenvalue weighted by atomic mass is 9.80. The maximum atomic E-state index is 11.8. The first-order valence-electron chi connectivity index (χ1n) is 6.42. The van der Waals surface area contributed by atoms with Gasteiger partial charge in [0, 0.05) is 0 Å². The maximum absolute atomic E-state index is 11.8. The van der Waals surface area contributed by atoms with Crippen molar-refractivity contribution in [2.24, 2.45) is 11.3 Å². The van der Waals surface area contributed by atoms with Gasteiger partial charge in [0.2, 0.25) is 0 Å². The molecule has 3 nitrogen and oxygen atoms in total. The molecule has 0 N–H and O–H groups in total. The number of rotatable bonds is 2. The fourth-order valence-corrected chi connectivity index (χ4v) is 2.71. The number of nitrogens with zero attached hydrogens (tertiary/aromatic N) is 1. The van der Waals surface area contributed by atoms with Gasteiger partial charge in [0.1, 0.15) is 0 Å². The molecular weight excluding hydrogens is 226 g/mol. The molecule has 0 bridgehead atoms. The Labute approximate surface area is 109 Å². The average Bonchev–Trinajstić information content (AvgIpc) is 2.55. The van der Waals surface area contributed by atoms with Gasteiger partial charge in [0.25, 0.3) is 0 Å². The van der Waals surface area contributed by atoms with Crippen LogP contribution in [0.1, 0.15) is 33.3 Å². The van der Waals surface area contributed by atoms with Crippen molar-refractivity contribution < 1.29 is 9.63 Å². The standard InChI is InChI=1S/C15H21NO2/c1-11-13(15(2,3)4)16(18-14(11)17)10-12-8-6-5-7-9-12/h5-9,11,13H,10H2,1-4H3/t11-,13-/m1/s1. The minimum absolute atomic E-state index is 0.0142. The van der Waals surface area contributed by atoms with E-state index in [4.69, 9.17) is 4.84 Å². The van der Waals surface area contributed by atoms with Crippen LogP contribution in [0.25, 0.3) is 0 Å². The lowest BCUT2D eigenvalue weighted by Gasteiger charge is -2.33.